The molecule has 7 nitrogen and oxygen atoms in total. The molecule has 0 fully saturated rings. The Morgan fingerprint density at radius 1 is 1.06 bits per heavy atom. The fourth-order valence-corrected chi connectivity index (χ4v) is 7.14. The molecule has 4 aromatic carbocycles. The maximum Gasteiger partial charge on any atom is 0.338 e. The van der Waals surface area contributed by atoms with Crippen LogP contribution in [0.15, 0.2) is 122 Å². The molecule has 0 radical (unpaired) electrons. The fraction of sp³-hybridized carbons (Fsp3) is 0.135. The van der Waals surface area contributed by atoms with Gasteiger partial charge < -0.3 is 9.47 Å². The summed E-state index contributed by atoms with van der Waals surface area (Å²) in [5.74, 6) is 0.0248. The summed E-state index contributed by atoms with van der Waals surface area (Å²) in [6.45, 7) is 2.12. The Morgan fingerprint density at radius 3 is 2.53 bits per heavy atom. The molecule has 2 heterocycles. The fourth-order valence-electron chi connectivity index (χ4n) is 5.36. The molecule has 0 saturated heterocycles. The van der Waals surface area contributed by atoms with Crippen molar-refractivity contribution in [3.63, 3.8) is 0 Å². The molecule has 1 aliphatic heterocycles. The number of carbonyl (C=O) groups excluding carboxylic acids is 1. The van der Waals surface area contributed by atoms with Gasteiger partial charge in [0, 0.05) is 26.1 Å². The molecule has 0 saturated carbocycles. The number of thioether (sulfide) groups is 1. The van der Waals surface area contributed by atoms with Crippen LogP contribution in [0, 0.1) is 11.3 Å². The number of rotatable bonds is 9. The van der Waals surface area contributed by atoms with E-state index in [1.165, 1.54) is 11.3 Å². The third kappa shape index (κ3) is 6.74. The minimum absolute atomic E-state index is 0.178. The van der Waals surface area contributed by atoms with Crippen LogP contribution in [0.5, 0.6) is 5.75 Å². The molecule has 0 amide bonds. The highest BCUT2D eigenvalue weighted by molar-refractivity contribution is 9.10. The van der Waals surface area contributed by atoms with Crippen LogP contribution in [0.3, 0.4) is 0 Å². The second kappa shape index (κ2) is 14.4. The van der Waals surface area contributed by atoms with Gasteiger partial charge in [-0.1, -0.05) is 87.9 Å². The van der Waals surface area contributed by atoms with E-state index in [0.29, 0.717) is 37.5 Å². The van der Waals surface area contributed by atoms with Gasteiger partial charge in [0.15, 0.2) is 4.80 Å². The van der Waals surface area contributed by atoms with Gasteiger partial charge in [-0.25, -0.2) is 9.79 Å². The van der Waals surface area contributed by atoms with Gasteiger partial charge >= 0.3 is 5.97 Å². The summed E-state index contributed by atoms with van der Waals surface area (Å²) in [6.07, 6.45) is 3.78. The second-order valence-corrected chi connectivity index (χ2v) is 13.2. The van der Waals surface area contributed by atoms with Gasteiger partial charge in [0.25, 0.3) is 5.56 Å². The molecule has 234 valence electrons. The Hall–Kier alpha value is -4.69. The average Bonchev–Trinajstić information content (AvgIpc) is 3.41. The Kier molecular flexibility index (Phi) is 9.87. The summed E-state index contributed by atoms with van der Waals surface area (Å²) in [5, 5.41) is 9.52. The average molecular weight is 723 g/mol. The molecule has 0 spiro atoms. The Labute approximate surface area is 288 Å². The molecule has 0 N–H and O–H groups in total. The molecule has 0 aliphatic carbocycles. The van der Waals surface area contributed by atoms with Gasteiger partial charge in [-0.05, 0) is 61.2 Å². The third-order valence-electron chi connectivity index (χ3n) is 7.58. The van der Waals surface area contributed by atoms with E-state index in [-0.39, 0.29) is 18.8 Å². The first-order valence-electron chi connectivity index (χ1n) is 14.7. The number of hydrogen-bond acceptors (Lipinski definition) is 8. The number of hydrogen-bond donors (Lipinski definition) is 0. The second-order valence-electron chi connectivity index (χ2n) is 10.4. The van der Waals surface area contributed by atoms with Crippen LogP contribution < -0.4 is 19.6 Å². The number of carbonyl (C=O) groups is 1. The Balaban J connectivity index is 1.54. The Morgan fingerprint density at radius 2 is 1.81 bits per heavy atom. The SMILES string of the molecule is CCOC(=O)C1=C(c2ccccc2)N=c2s/c(=C\c3cc(Br)ccc3OCc3ccccc3C#N)c(=O)n2[C@H]1c1ccc(SC)cc1. The van der Waals surface area contributed by atoms with Gasteiger partial charge in [0.2, 0.25) is 0 Å². The molecule has 10 heteroatoms. The van der Waals surface area contributed by atoms with Crippen LogP contribution in [0.1, 0.15) is 40.8 Å². The lowest BCUT2D eigenvalue weighted by atomic mass is 9.93. The third-order valence-corrected chi connectivity index (χ3v) is 9.80. The van der Waals surface area contributed by atoms with E-state index in [4.69, 9.17) is 14.5 Å². The van der Waals surface area contributed by atoms with E-state index >= 15 is 0 Å². The van der Waals surface area contributed by atoms with E-state index in [1.807, 2.05) is 97.3 Å². The van der Waals surface area contributed by atoms with Crippen molar-refractivity contribution >= 4 is 56.8 Å². The zero-order chi connectivity index (χ0) is 32.9. The predicted molar refractivity (Wildman–Crippen MR) is 189 cm³/mol. The van der Waals surface area contributed by atoms with Crippen molar-refractivity contribution in [2.75, 3.05) is 12.9 Å². The zero-order valence-corrected chi connectivity index (χ0v) is 28.7. The standard InChI is InChI=1S/C37H28BrN3O4S2/c1-3-44-36(43)32-33(23-9-5-4-6-10-23)40-37-41(34(32)24-13-16-29(46-2)17-14-24)35(42)31(47-37)20-27-19-28(38)15-18-30(27)45-22-26-12-8-7-11-25(26)21-39/h4-20,34H,3,22H2,1-2H3/b31-20-/t34-/m0/s1. The number of nitrogens with zero attached hydrogens (tertiary/aromatic N) is 3. The minimum Gasteiger partial charge on any atom is -0.488 e. The lowest BCUT2D eigenvalue weighted by molar-refractivity contribution is -0.138. The van der Waals surface area contributed by atoms with E-state index in [0.717, 1.165) is 26.1 Å². The van der Waals surface area contributed by atoms with Crippen LogP contribution in [0.25, 0.3) is 11.8 Å². The topological polar surface area (TPSA) is 93.7 Å². The van der Waals surface area contributed by atoms with Crippen molar-refractivity contribution in [1.82, 2.24) is 4.57 Å². The number of nitriles is 1. The zero-order valence-electron chi connectivity index (χ0n) is 25.5. The van der Waals surface area contributed by atoms with Gasteiger partial charge in [0.1, 0.15) is 12.4 Å². The van der Waals surface area contributed by atoms with Crippen molar-refractivity contribution in [2.24, 2.45) is 4.99 Å². The highest BCUT2D eigenvalue weighted by atomic mass is 79.9. The van der Waals surface area contributed by atoms with E-state index < -0.39 is 12.0 Å². The lowest BCUT2D eigenvalue weighted by Gasteiger charge is -2.26. The van der Waals surface area contributed by atoms with Crippen LogP contribution in [0.4, 0.5) is 0 Å². The molecular formula is C37H28BrN3O4S2. The Bertz CT molecular complexity index is 2220. The van der Waals surface area contributed by atoms with Crippen LogP contribution in [-0.2, 0) is 16.1 Å². The molecule has 1 aliphatic rings. The number of halogens is 1. The molecule has 1 atom stereocenters. The van der Waals surface area contributed by atoms with Gasteiger partial charge in [-0.15, -0.1) is 11.8 Å². The number of thiazole rings is 1. The van der Waals surface area contributed by atoms with Gasteiger partial charge in [0.05, 0.1) is 40.1 Å². The summed E-state index contributed by atoms with van der Waals surface area (Å²) in [6, 6.07) is 31.6. The molecule has 6 rings (SSSR count). The van der Waals surface area contributed by atoms with E-state index in [1.54, 1.807) is 35.4 Å². The number of aromatic nitrogens is 1. The van der Waals surface area contributed by atoms with Crippen LogP contribution >= 0.6 is 39.0 Å². The summed E-state index contributed by atoms with van der Waals surface area (Å²) >= 11 is 6.41. The quantitative estimate of drug-likeness (QED) is 0.122. The highest BCUT2D eigenvalue weighted by Crippen LogP contribution is 2.36. The monoisotopic (exact) mass is 721 g/mol. The molecule has 1 aromatic heterocycles. The smallest absolute Gasteiger partial charge is 0.338 e. The van der Waals surface area contributed by atoms with Crippen molar-refractivity contribution in [2.45, 2.75) is 24.5 Å². The largest absolute Gasteiger partial charge is 0.488 e. The van der Waals surface area contributed by atoms with Crippen molar-refractivity contribution in [1.29, 1.82) is 5.26 Å². The first kappa shape index (κ1) is 32.3. The predicted octanol–water partition coefficient (Wildman–Crippen LogP) is 6.87. The summed E-state index contributed by atoms with van der Waals surface area (Å²) in [7, 11) is 0. The van der Waals surface area contributed by atoms with Crippen molar-refractivity contribution in [3.8, 4) is 11.8 Å². The molecule has 47 heavy (non-hydrogen) atoms. The summed E-state index contributed by atoms with van der Waals surface area (Å²) in [4.78, 5) is 34.5. The number of fused-ring (bicyclic) bond motifs is 1. The minimum atomic E-state index is -0.765. The van der Waals surface area contributed by atoms with Crippen molar-refractivity contribution < 1.29 is 14.3 Å². The van der Waals surface area contributed by atoms with E-state index in [9.17, 15) is 14.9 Å². The normalized spacial score (nSPS) is 14.3. The van der Waals surface area contributed by atoms with Crippen molar-refractivity contribution in [3.05, 3.63) is 155 Å². The number of benzene rings is 4. The van der Waals surface area contributed by atoms with E-state index in [2.05, 4.69) is 22.0 Å². The molecule has 0 unspecified atom stereocenters. The van der Waals surface area contributed by atoms with Gasteiger partial charge in [-0.2, -0.15) is 5.26 Å². The molecule has 5 aromatic rings. The van der Waals surface area contributed by atoms with Gasteiger partial charge in [-0.3, -0.25) is 9.36 Å². The maximum atomic E-state index is 14.4. The maximum absolute atomic E-state index is 14.4. The molecule has 0 bridgehead atoms. The molecular weight excluding hydrogens is 694 g/mol. The number of ether oxygens (including phenoxy) is 2. The first-order chi connectivity index (χ1) is 22.9. The van der Waals surface area contributed by atoms with Crippen LogP contribution in [-0.4, -0.2) is 23.4 Å². The number of esters is 1. The highest BCUT2D eigenvalue weighted by Gasteiger charge is 2.35. The summed E-state index contributed by atoms with van der Waals surface area (Å²) in [5.41, 5.74) is 3.97. The lowest BCUT2D eigenvalue weighted by Crippen LogP contribution is -2.40. The van der Waals surface area contributed by atoms with Crippen LogP contribution in [0.2, 0.25) is 0 Å². The first-order valence-corrected chi connectivity index (χ1v) is 17.6. The summed E-state index contributed by atoms with van der Waals surface area (Å²) < 4.78 is 14.6.